The number of amides is 2. The van der Waals surface area contributed by atoms with E-state index in [4.69, 9.17) is 14.0 Å². The Balaban J connectivity index is 1.69. The smallest absolute Gasteiger partial charge is 0.277 e. The van der Waals surface area contributed by atoms with E-state index in [1.54, 1.807) is 33.0 Å². The Hall–Kier alpha value is -3.81. The number of hydrogen-bond acceptors (Lipinski definition) is 8. The van der Waals surface area contributed by atoms with Gasteiger partial charge in [-0.05, 0) is 62.2 Å². The van der Waals surface area contributed by atoms with Crippen LogP contribution >= 0.6 is 0 Å². The van der Waals surface area contributed by atoms with Gasteiger partial charge in [0, 0.05) is 39.0 Å². The van der Waals surface area contributed by atoms with E-state index in [9.17, 15) is 22.4 Å². The number of sulfonamides is 1. The van der Waals surface area contributed by atoms with Crippen molar-refractivity contribution in [2.75, 3.05) is 39.2 Å². The molecule has 3 aromatic rings. The first kappa shape index (κ1) is 30.2. The van der Waals surface area contributed by atoms with Crippen molar-refractivity contribution in [2.24, 2.45) is 5.92 Å². The van der Waals surface area contributed by atoms with Gasteiger partial charge < -0.3 is 24.2 Å². The molecule has 1 aromatic heterocycles. The fourth-order valence-electron chi connectivity index (χ4n) is 4.57. The summed E-state index contributed by atoms with van der Waals surface area (Å²) in [6.07, 6.45) is -0.510. The van der Waals surface area contributed by atoms with Gasteiger partial charge in [0.1, 0.15) is 23.9 Å². The van der Waals surface area contributed by atoms with Crippen LogP contribution in [-0.2, 0) is 14.8 Å². The summed E-state index contributed by atoms with van der Waals surface area (Å²) in [5, 5.41) is 6.41. The van der Waals surface area contributed by atoms with Crippen LogP contribution in [0, 0.1) is 18.7 Å². The highest BCUT2D eigenvalue weighted by Gasteiger charge is 2.35. The molecule has 1 N–H and O–H groups in total. The number of hydrogen-bond donors (Lipinski definition) is 1. The average molecular weight is 589 g/mol. The van der Waals surface area contributed by atoms with Crippen LogP contribution in [0.5, 0.6) is 5.75 Å². The van der Waals surface area contributed by atoms with Gasteiger partial charge in [-0.25, -0.2) is 12.8 Å². The highest BCUT2D eigenvalue weighted by molar-refractivity contribution is 7.89. The van der Waals surface area contributed by atoms with E-state index in [0.717, 1.165) is 12.1 Å². The van der Waals surface area contributed by atoms with Gasteiger partial charge in [0.25, 0.3) is 11.8 Å². The summed E-state index contributed by atoms with van der Waals surface area (Å²) in [4.78, 5) is 27.6. The van der Waals surface area contributed by atoms with Gasteiger partial charge in [0.05, 0.1) is 22.6 Å². The number of aryl methyl sites for hydroxylation is 1. The van der Waals surface area contributed by atoms with Gasteiger partial charge in [-0.2, -0.15) is 4.31 Å². The van der Waals surface area contributed by atoms with Crippen LogP contribution < -0.4 is 10.1 Å². The average Bonchev–Trinajstić information content (AvgIpc) is 3.39. The van der Waals surface area contributed by atoms with Gasteiger partial charge in [-0.3, -0.25) is 9.59 Å². The summed E-state index contributed by atoms with van der Waals surface area (Å²) < 4.78 is 58.9. The lowest BCUT2D eigenvalue weighted by molar-refractivity contribution is 0.0212. The van der Waals surface area contributed by atoms with Gasteiger partial charge in [-0.15, -0.1) is 0 Å². The monoisotopic (exact) mass is 588 g/mol. The molecule has 0 aliphatic carbocycles. The predicted octanol–water partition coefficient (Wildman–Crippen LogP) is 3.57. The Morgan fingerprint density at radius 3 is 2.46 bits per heavy atom. The molecule has 0 saturated carbocycles. The highest BCUT2D eigenvalue weighted by atomic mass is 32.2. The molecule has 2 heterocycles. The Morgan fingerprint density at radius 2 is 1.83 bits per heavy atom. The fourth-order valence-corrected chi connectivity index (χ4v) is 6.28. The molecular formula is C28H33FN4O7S. The van der Waals surface area contributed by atoms with Crippen molar-refractivity contribution in [3.63, 3.8) is 0 Å². The van der Waals surface area contributed by atoms with Crippen LogP contribution in [0.3, 0.4) is 0 Å². The molecule has 1 aliphatic rings. The first-order chi connectivity index (χ1) is 19.4. The molecule has 220 valence electrons. The summed E-state index contributed by atoms with van der Waals surface area (Å²) in [7, 11) is -0.928. The third-order valence-electron chi connectivity index (χ3n) is 6.93. The summed E-state index contributed by atoms with van der Waals surface area (Å²) in [5.41, 5.74) is 0.588. The molecule has 2 aromatic carbocycles. The number of anilines is 1. The molecule has 41 heavy (non-hydrogen) atoms. The zero-order chi connectivity index (χ0) is 29.9. The maximum Gasteiger partial charge on any atom is 0.277 e. The first-order valence-corrected chi connectivity index (χ1v) is 14.4. The van der Waals surface area contributed by atoms with Crippen molar-refractivity contribution in [3.8, 4) is 5.75 Å². The van der Waals surface area contributed by atoms with Crippen molar-refractivity contribution < 1.29 is 36.4 Å². The minimum Gasteiger partial charge on any atom is -0.491 e. The lowest BCUT2D eigenvalue weighted by Gasteiger charge is -2.35. The summed E-state index contributed by atoms with van der Waals surface area (Å²) >= 11 is 0. The third-order valence-corrected chi connectivity index (χ3v) is 8.92. The molecule has 3 atom stereocenters. The molecule has 13 heteroatoms. The standard InChI is InChI=1S/C28H33FN4O7S/c1-17-14-33(41(36,37)22-9-6-20(29)7-10-22)18(2)16-39-25-11-8-21(30-27(34)24-12-19(3)40-31-24)13-23(25)28(35)32(4)15-26(17)38-5/h6-13,17-18,26H,14-16H2,1-5H3,(H,30,34)/t17-,18-,26-/m1/s1. The number of aromatic nitrogens is 1. The predicted molar refractivity (Wildman–Crippen MR) is 148 cm³/mol. The zero-order valence-corrected chi connectivity index (χ0v) is 24.3. The number of fused-ring (bicyclic) bond motifs is 1. The molecule has 1 aliphatic heterocycles. The van der Waals surface area contributed by atoms with Crippen LogP contribution in [0.25, 0.3) is 0 Å². The molecule has 0 spiro atoms. The minimum atomic E-state index is -4.04. The summed E-state index contributed by atoms with van der Waals surface area (Å²) in [5.74, 6) is -1.07. The Bertz CT molecular complexity index is 1510. The maximum atomic E-state index is 13.7. The van der Waals surface area contributed by atoms with E-state index in [1.165, 1.54) is 40.6 Å². The van der Waals surface area contributed by atoms with E-state index < -0.39 is 33.9 Å². The normalized spacial score (nSPS) is 20.9. The molecule has 0 fully saturated rings. The second-order valence-electron chi connectivity index (χ2n) is 10.1. The van der Waals surface area contributed by atoms with E-state index in [-0.39, 0.29) is 53.4 Å². The summed E-state index contributed by atoms with van der Waals surface area (Å²) in [6.45, 7) is 5.35. The van der Waals surface area contributed by atoms with Gasteiger partial charge in [0.15, 0.2) is 5.69 Å². The van der Waals surface area contributed by atoms with Gasteiger partial charge in [-0.1, -0.05) is 12.1 Å². The topological polar surface area (TPSA) is 131 Å². The number of ether oxygens (including phenoxy) is 2. The number of rotatable bonds is 5. The van der Waals surface area contributed by atoms with Crippen molar-refractivity contribution >= 4 is 27.5 Å². The van der Waals surface area contributed by atoms with Crippen molar-refractivity contribution in [1.82, 2.24) is 14.4 Å². The van der Waals surface area contributed by atoms with Crippen LogP contribution in [0.4, 0.5) is 10.1 Å². The van der Waals surface area contributed by atoms with Crippen LogP contribution in [0.2, 0.25) is 0 Å². The van der Waals surface area contributed by atoms with E-state index >= 15 is 0 Å². The SMILES string of the molecule is CO[C@@H]1CN(C)C(=O)c2cc(NC(=O)c3cc(C)on3)ccc2OC[C@@H](C)N(S(=O)(=O)c2ccc(F)cc2)C[C@H]1C. The number of benzene rings is 2. The lowest BCUT2D eigenvalue weighted by atomic mass is 10.0. The van der Waals surface area contributed by atoms with Crippen molar-refractivity contribution in [1.29, 1.82) is 0 Å². The lowest BCUT2D eigenvalue weighted by Crippen LogP contribution is -2.48. The molecule has 0 saturated heterocycles. The molecule has 11 nitrogen and oxygen atoms in total. The Labute approximate surface area is 238 Å². The largest absolute Gasteiger partial charge is 0.491 e. The van der Waals surface area contributed by atoms with Crippen LogP contribution in [-0.4, -0.2) is 80.6 Å². The molecule has 4 rings (SSSR count). The fraction of sp³-hybridized carbons (Fsp3) is 0.393. The second-order valence-corrected chi connectivity index (χ2v) is 12.0. The van der Waals surface area contributed by atoms with Crippen LogP contribution in [0.1, 0.15) is 40.5 Å². The molecule has 2 amide bonds. The number of carbonyl (C=O) groups excluding carboxylic acids is 2. The number of halogens is 1. The highest BCUT2D eigenvalue weighted by Crippen LogP contribution is 2.28. The summed E-state index contributed by atoms with van der Waals surface area (Å²) in [6, 6.07) is 10.1. The second kappa shape index (κ2) is 12.4. The number of methoxy groups -OCH3 is 1. The minimum absolute atomic E-state index is 0.0469. The van der Waals surface area contributed by atoms with E-state index in [1.807, 2.05) is 6.92 Å². The third kappa shape index (κ3) is 6.75. The van der Waals surface area contributed by atoms with Crippen molar-refractivity contribution in [3.05, 3.63) is 71.4 Å². The number of nitrogens with one attached hydrogen (secondary N) is 1. The van der Waals surface area contributed by atoms with Gasteiger partial charge >= 0.3 is 0 Å². The number of likely N-dealkylation sites (N-methyl/N-ethyl adjacent to an activating group) is 1. The van der Waals surface area contributed by atoms with Gasteiger partial charge in [0.2, 0.25) is 10.0 Å². The van der Waals surface area contributed by atoms with E-state index in [2.05, 4.69) is 10.5 Å². The van der Waals surface area contributed by atoms with Crippen molar-refractivity contribution in [2.45, 2.75) is 37.8 Å². The van der Waals surface area contributed by atoms with Crippen LogP contribution in [0.15, 0.2) is 57.9 Å². The molecule has 0 bridgehead atoms. The number of carbonyl (C=O) groups is 2. The zero-order valence-electron chi connectivity index (χ0n) is 23.5. The number of nitrogens with zero attached hydrogens (tertiary/aromatic N) is 3. The Morgan fingerprint density at radius 1 is 1.12 bits per heavy atom. The first-order valence-electron chi connectivity index (χ1n) is 13.0. The molecule has 0 radical (unpaired) electrons. The van der Waals surface area contributed by atoms with E-state index in [0.29, 0.717) is 11.4 Å². The Kier molecular flexibility index (Phi) is 9.10. The molecular weight excluding hydrogens is 555 g/mol. The molecule has 0 unspecified atom stereocenters. The maximum absolute atomic E-state index is 13.7. The quantitative estimate of drug-likeness (QED) is 0.479.